The number of hydrogen-bond donors (Lipinski definition) is 1. The summed E-state index contributed by atoms with van der Waals surface area (Å²) in [5, 5.41) is 7.56. The summed E-state index contributed by atoms with van der Waals surface area (Å²) < 4.78 is 29.5. The summed E-state index contributed by atoms with van der Waals surface area (Å²) in [5.41, 5.74) is 0.718. The van der Waals surface area contributed by atoms with Gasteiger partial charge in [0, 0.05) is 18.3 Å². The maximum absolute atomic E-state index is 14.2. The summed E-state index contributed by atoms with van der Waals surface area (Å²) in [5.74, 6) is -1.33. The Labute approximate surface area is 127 Å². The highest BCUT2D eigenvalue weighted by molar-refractivity contribution is 6.31. The van der Waals surface area contributed by atoms with E-state index in [2.05, 4.69) is 10.4 Å². The monoisotopic (exact) mass is 313 g/mol. The third kappa shape index (κ3) is 3.80. The topological polar surface area (TPSA) is 29.9 Å². The zero-order valence-corrected chi connectivity index (χ0v) is 13.2. The Hall–Kier alpha value is -1.46. The molecular formula is C15H18ClF2N3. The minimum atomic E-state index is -0.667. The summed E-state index contributed by atoms with van der Waals surface area (Å²) in [7, 11) is 0. The van der Waals surface area contributed by atoms with Crippen LogP contribution in [0.4, 0.5) is 8.78 Å². The van der Waals surface area contributed by atoms with Crippen molar-refractivity contribution in [2.45, 2.75) is 39.8 Å². The van der Waals surface area contributed by atoms with Crippen LogP contribution in [0.1, 0.15) is 32.0 Å². The Morgan fingerprint density at radius 3 is 2.24 bits per heavy atom. The largest absolute Gasteiger partial charge is 0.308 e. The second-order valence-electron chi connectivity index (χ2n) is 6.02. The van der Waals surface area contributed by atoms with Crippen molar-refractivity contribution in [3.05, 3.63) is 46.2 Å². The number of nitrogens with one attached hydrogen (secondary N) is 1. The van der Waals surface area contributed by atoms with Crippen LogP contribution in [0.15, 0.2) is 18.3 Å². The van der Waals surface area contributed by atoms with Crippen molar-refractivity contribution < 1.29 is 8.78 Å². The van der Waals surface area contributed by atoms with Crippen LogP contribution in [-0.2, 0) is 6.54 Å². The van der Waals surface area contributed by atoms with Crippen molar-refractivity contribution in [2.75, 3.05) is 0 Å². The molecule has 0 amide bonds. The molecule has 0 saturated carbocycles. The van der Waals surface area contributed by atoms with Crippen molar-refractivity contribution in [3.8, 4) is 5.69 Å². The first-order valence-electron chi connectivity index (χ1n) is 6.62. The number of nitrogens with zero attached hydrogens (tertiary/aromatic N) is 2. The Bertz CT molecular complexity index is 617. The van der Waals surface area contributed by atoms with Crippen molar-refractivity contribution in [1.29, 1.82) is 0 Å². The van der Waals surface area contributed by atoms with Crippen LogP contribution in [-0.4, -0.2) is 15.3 Å². The van der Waals surface area contributed by atoms with Crippen LogP contribution in [0.25, 0.3) is 5.69 Å². The van der Waals surface area contributed by atoms with E-state index in [1.165, 1.54) is 18.3 Å². The van der Waals surface area contributed by atoms with E-state index in [1.54, 1.807) is 6.92 Å². The lowest BCUT2D eigenvalue weighted by molar-refractivity contribution is 0.422. The normalized spacial score (nSPS) is 12.0. The van der Waals surface area contributed by atoms with Gasteiger partial charge in [-0.15, -0.1) is 0 Å². The van der Waals surface area contributed by atoms with E-state index < -0.39 is 11.6 Å². The van der Waals surface area contributed by atoms with Crippen LogP contribution in [0.3, 0.4) is 0 Å². The molecule has 6 heteroatoms. The Kier molecular flexibility index (Phi) is 4.35. The molecule has 0 radical (unpaired) electrons. The molecule has 0 saturated heterocycles. The molecule has 1 aromatic heterocycles. The number of hydrogen-bond acceptors (Lipinski definition) is 2. The fourth-order valence-electron chi connectivity index (χ4n) is 1.86. The zero-order chi connectivity index (χ0) is 15.8. The molecular weight excluding hydrogens is 296 g/mol. The molecule has 21 heavy (non-hydrogen) atoms. The number of halogens is 3. The average molecular weight is 314 g/mol. The van der Waals surface area contributed by atoms with Gasteiger partial charge in [0.05, 0.1) is 10.7 Å². The first kappa shape index (κ1) is 15.9. The molecule has 2 rings (SSSR count). The molecule has 0 aliphatic rings. The number of aryl methyl sites for hydroxylation is 1. The minimum Gasteiger partial charge on any atom is -0.308 e. The van der Waals surface area contributed by atoms with E-state index in [4.69, 9.17) is 11.6 Å². The van der Waals surface area contributed by atoms with Crippen molar-refractivity contribution >= 4 is 11.6 Å². The third-order valence-electron chi connectivity index (χ3n) is 2.97. The van der Waals surface area contributed by atoms with Crippen LogP contribution < -0.4 is 5.32 Å². The highest BCUT2D eigenvalue weighted by Crippen LogP contribution is 2.22. The zero-order valence-electron chi connectivity index (χ0n) is 12.5. The van der Waals surface area contributed by atoms with E-state index >= 15 is 0 Å². The fourth-order valence-corrected chi connectivity index (χ4v) is 1.99. The molecule has 0 bridgehead atoms. The van der Waals surface area contributed by atoms with E-state index in [0.29, 0.717) is 22.8 Å². The molecule has 2 aromatic rings. The molecule has 1 aromatic carbocycles. The van der Waals surface area contributed by atoms with E-state index in [-0.39, 0.29) is 11.2 Å². The highest BCUT2D eigenvalue weighted by atomic mass is 35.5. The molecule has 3 nitrogen and oxygen atoms in total. The van der Waals surface area contributed by atoms with Gasteiger partial charge < -0.3 is 5.32 Å². The van der Waals surface area contributed by atoms with Gasteiger partial charge in [-0.2, -0.15) is 5.10 Å². The predicted octanol–water partition coefficient (Wildman–Crippen LogP) is 4.00. The van der Waals surface area contributed by atoms with Gasteiger partial charge in [-0.1, -0.05) is 11.6 Å². The molecule has 0 atom stereocenters. The molecule has 0 spiro atoms. The summed E-state index contributed by atoms with van der Waals surface area (Å²) in [6, 6.07) is 2.62. The molecule has 114 valence electrons. The summed E-state index contributed by atoms with van der Waals surface area (Å²) in [6.45, 7) is 8.03. The van der Waals surface area contributed by atoms with E-state index in [0.717, 1.165) is 4.68 Å². The number of aromatic nitrogens is 2. The molecule has 1 heterocycles. The molecule has 0 aliphatic carbocycles. The quantitative estimate of drug-likeness (QED) is 0.928. The Morgan fingerprint density at radius 2 is 1.81 bits per heavy atom. The van der Waals surface area contributed by atoms with Gasteiger partial charge in [-0.3, -0.25) is 0 Å². The summed E-state index contributed by atoms with van der Waals surface area (Å²) >= 11 is 5.88. The highest BCUT2D eigenvalue weighted by Gasteiger charge is 2.16. The average Bonchev–Trinajstić information content (AvgIpc) is 2.65. The van der Waals surface area contributed by atoms with Gasteiger partial charge in [0.15, 0.2) is 11.6 Å². The van der Waals surface area contributed by atoms with Crippen LogP contribution in [0.2, 0.25) is 5.02 Å². The van der Waals surface area contributed by atoms with Gasteiger partial charge in [0.1, 0.15) is 5.69 Å². The maximum Gasteiger partial charge on any atom is 0.152 e. The second kappa shape index (κ2) is 5.73. The molecule has 0 aliphatic heterocycles. The third-order valence-corrected chi connectivity index (χ3v) is 3.34. The fraction of sp³-hybridized carbons (Fsp3) is 0.400. The minimum absolute atomic E-state index is 0.127. The first-order chi connectivity index (χ1) is 9.67. The predicted molar refractivity (Wildman–Crippen MR) is 79.8 cm³/mol. The lowest BCUT2D eigenvalue weighted by Crippen LogP contribution is -2.35. The van der Waals surface area contributed by atoms with Gasteiger partial charge >= 0.3 is 0 Å². The Morgan fingerprint density at radius 1 is 1.24 bits per heavy atom. The van der Waals surface area contributed by atoms with Gasteiger partial charge in [0.2, 0.25) is 0 Å². The smallest absolute Gasteiger partial charge is 0.152 e. The summed E-state index contributed by atoms with van der Waals surface area (Å²) in [4.78, 5) is 0. The number of rotatable bonds is 3. The Balaban J connectivity index is 2.33. The van der Waals surface area contributed by atoms with Gasteiger partial charge in [-0.25, -0.2) is 13.5 Å². The van der Waals surface area contributed by atoms with Crippen molar-refractivity contribution in [2.24, 2.45) is 0 Å². The lowest BCUT2D eigenvalue weighted by Gasteiger charge is -2.20. The summed E-state index contributed by atoms with van der Waals surface area (Å²) in [6.07, 6.45) is 1.39. The molecule has 0 unspecified atom stereocenters. The standard InChI is InChI=1S/C15H18ClF2N3/c1-9-11(16)8-21(20-9)14-12(17)5-10(6-13(14)18)7-19-15(2,3)4/h5-6,8,19H,7H2,1-4H3. The molecule has 1 N–H and O–H groups in total. The van der Waals surface area contributed by atoms with Crippen LogP contribution in [0.5, 0.6) is 0 Å². The second-order valence-corrected chi connectivity index (χ2v) is 6.43. The van der Waals surface area contributed by atoms with Gasteiger partial charge in [-0.05, 0) is 45.4 Å². The van der Waals surface area contributed by atoms with Gasteiger partial charge in [0.25, 0.3) is 0 Å². The van der Waals surface area contributed by atoms with E-state index in [1.807, 2.05) is 20.8 Å². The molecule has 0 fully saturated rings. The van der Waals surface area contributed by atoms with Crippen LogP contribution in [0, 0.1) is 18.6 Å². The first-order valence-corrected chi connectivity index (χ1v) is 7.00. The van der Waals surface area contributed by atoms with Crippen LogP contribution >= 0.6 is 11.6 Å². The maximum atomic E-state index is 14.2. The van der Waals surface area contributed by atoms with Crippen molar-refractivity contribution in [1.82, 2.24) is 15.1 Å². The van der Waals surface area contributed by atoms with E-state index in [9.17, 15) is 8.78 Å². The van der Waals surface area contributed by atoms with Crippen molar-refractivity contribution in [3.63, 3.8) is 0 Å². The lowest BCUT2D eigenvalue weighted by atomic mass is 10.1. The SMILES string of the molecule is Cc1nn(-c2c(F)cc(CNC(C)(C)C)cc2F)cc1Cl. The number of benzene rings is 1.